The van der Waals surface area contributed by atoms with E-state index in [1.165, 1.54) is 11.8 Å². The minimum Gasteiger partial charge on any atom is -0.378 e. The number of amides is 3. The van der Waals surface area contributed by atoms with Crippen LogP contribution in [0.1, 0.15) is 0 Å². The van der Waals surface area contributed by atoms with Gasteiger partial charge in [-0.3, -0.25) is 14.4 Å². The fourth-order valence-electron chi connectivity index (χ4n) is 1.89. The summed E-state index contributed by atoms with van der Waals surface area (Å²) in [5.41, 5.74) is 0. The lowest BCUT2D eigenvalue weighted by atomic mass is 10.5. The average Bonchev–Trinajstić information content (AvgIpc) is 2.72. The van der Waals surface area contributed by atoms with Crippen LogP contribution in [0.25, 0.3) is 0 Å². The topological polar surface area (TPSA) is 136 Å². The second-order valence-electron chi connectivity index (χ2n) is 5.92. The van der Waals surface area contributed by atoms with Gasteiger partial charge in [-0.25, -0.2) is 0 Å². The van der Waals surface area contributed by atoms with Gasteiger partial charge >= 0.3 is 0 Å². The minimum absolute atomic E-state index is 0.0190. The van der Waals surface area contributed by atoms with Gasteiger partial charge in [0, 0.05) is 26.2 Å². The van der Waals surface area contributed by atoms with Gasteiger partial charge in [0.1, 0.15) is 13.2 Å². The summed E-state index contributed by atoms with van der Waals surface area (Å²) < 4.78 is 20.9. The van der Waals surface area contributed by atoms with E-state index in [1.807, 2.05) is 13.3 Å². The van der Waals surface area contributed by atoms with Crippen molar-refractivity contribution in [3.8, 4) is 0 Å². The van der Waals surface area contributed by atoms with Crippen molar-refractivity contribution >= 4 is 29.5 Å². The second-order valence-corrected chi connectivity index (χ2v) is 6.78. The van der Waals surface area contributed by atoms with E-state index in [9.17, 15) is 14.4 Å². The molecule has 0 fully saturated rings. The third kappa shape index (κ3) is 21.3. The molecule has 0 saturated carbocycles. The molecule has 12 heteroatoms. The van der Waals surface area contributed by atoms with E-state index in [1.54, 1.807) is 0 Å². The number of hydrogen-bond donors (Lipinski definition) is 4. The van der Waals surface area contributed by atoms with Crippen LogP contribution in [0.5, 0.6) is 0 Å². The van der Waals surface area contributed by atoms with E-state index >= 15 is 0 Å². The first-order valence-corrected chi connectivity index (χ1v) is 11.2. The Morgan fingerprint density at radius 2 is 1.10 bits per heavy atom. The molecule has 0 aliphatic carbocycles. The van der Waals surface area contributed by atoms with Crippen LogP contribution in [-0.4, -0.2) is 116 Å². The predicted octanol–water partition coefficient (Wildman–Crippen LogP) is -2.02. The van der Waals surface area contributed by atoms with Crippen molar-refractivity contribution < 1.29 is 33.3 Å². The third-order valence-corrected chi connectivity index (χ3v) is 3.87. The van der Waals surface area contributed by atoms with Crippen LogP contribution in [-0.2, 0) is 33.3 Å². The molecule has 0 unspecified atom stereocenters. The van der Waals surface area contributed by atoms with Gasteiger partial charge in [-0.1, -0.05) is 0 Å². The Hall–Kier alpha value is -1.44. The molecule has 0 saturated heterocycles. The van der Waals surface area contributed by atoms with Gasteiger partial charge in [-0.2, -0.15) is 11.8 Å². The number of hydrogen-bond acceptors (Lipinski definition) is 9. The first kappa shape index (κ1) is 28.6. The van der Waals surface area contributed by atoms with E-state index < -0.39 is 0 Å². The Balaban J connectivity index is 3.32. The highest BCUT2D eigenvalue weighted by Gasteiger charge is 2.03. The number of rotatable bonds is 21. The van der Waals surface area contributed by atoms with Gasteiger partial charge in [0.05, 0.1) is 45.4 Å². The Labute approximate surface area is 182 Å². The Morgan fingerprint density at radius 1 is 0.633 bits per heavy atom. The number of ether oxygens (including phenoxy) is 4. The molecule has 176 valence electrons. The van der Waals surface area contributed by atoms with Crippen LogP contribution >= 0.6 is 11.8 Å². The average molecular weight is 453 g/mol. The van der Waals surface area contributed by atoms with Gasteiger partial charge < -0.3 is 40.2 Å². The van der Waals surface area contributed by atoms with Gasteiger partial charge in [0.2, 0.25) is 17.7 Å². The molecule has 3 amide bonds. The largest absolute Gasteiger partial charge is 0.378 e. The summed E-state index contributed by atoms with van der Waals surface area (Å²) in [4.78, 5) is 34.3. The highest BCUT2D eigenvalue weighted by molar-refractivity contribution is 7.99. The van der Waals surface area contributed by atoms with E-state index in [4.69, 9.17) is 18.9 Å². The Bertz CT molecular complexity index is 458. The quantitative estimate of drug-likeness (QED) is 0.146. The summed E-state index contributed by atoms with van der Waals surface area (Å²) in [5, 5.41) is 11.0. The van der Waals surface area contributed by atoms with Crippen LogP contribution in [0, 0.1) is 0 Å². The van der Waals surface area contributed by atoms with Crippen LogP contribution in [0.15, 0.2) is 0 Å². The van der Waals surface area contributed by atoms with Gasteiger partial charge in [0.25, 0.3) is 0 Å². The number of nitrogens with one attached hydrogen (secondary N) is 4. The first-order chi connectivity index (χ1) is 14.6. The molecule has 0 radical (unpaired) electrons. The molecule has 0 aliphatic heterocycles. The van der Waals surface area contributed by atoms with Crippen molar-refractivity contribution in [1.82, 2.24) is 21.3 Å². The van der Waals surface area contributed by atoms with Crippen molar-refractivity contribution in [2.75, 3.05) is 98.1 Å². The molecule has 0 aromatic rings. The highest BCUT2D eigenvalue weighted by atomic mass is 32.2. The summed E-state index contributed by atoms with van der Waals surface area (Å²) in [5.74, 6) is -0.124. The molecule has 0 bridgehead atoms. The lowest BCUT2D eigenvalue weighted by molar-refractivity contribution is -0.127. The molecule has 0 spiro atoms. The van der Waals surface area contributed by atoms with Crippen molar-refractivity contribution in [1.29, 1.82) is 0 Å². The van der Waals surface area contributed by atoms with Crippen LogP contribution < -0.4 is 21.3 Å². The lowest BCUT2D eigenvalue weighted by Gasteiger charge is -2.09. The lowest BCUT2D eigenvalue weighted by Crippen LogP contribution is -2.37. The summed E-state index contributed by atoms with van der Waals surface area (Å²) >= 11 is 1.44. The second kappa shape index (κ2) is 22.2. The molecule has 30 heavy (non-hydrogen) atoms. The van der Waals surface area contributed by atoms with E-state index in [0.29, 0.717) is 58.4 Å². The van der Waals surface area contributed by atoms with Crippen molar-refractivity contribution in [3.63, 3.8) is 0 Å². The number of likely N-dealkylation sites (N-methyl/N-ethyl adjacent to an activating group) is 1. The van der Waals surface area contributed by atoms with Crippen LogP contribution in [0.3, 0.4) is 0 Å². The maximum Gasteiger partial charge on any atom is 0.246 e. The minimum atomic E-state index is -0.256. The smallest absolute Gasteiger partial charge is 0.246 e. The number of thioether (sulfide) groups is 1. The van der Waals surface area contributed by atoms with Gasteiger partial charge in [0.15, 0.2) is 0 Å². The molecular weight excluding hydrogens is 416 g/mol. The van der Waals surface area contributed by atoms with Gasteiger partial charge in [-0.15, -0.1) is 0 Å². The fraction of sp³-hybridized carbons (Fsp3) is 0.833. The maximum atomic E-state index is 11.5. The summed E-state index contributed by atoms with van der Waals surface area (Å²) in [6.07, 6.45) is 1.85. The molecule has 11 nitrogen and oxygen atoms in total. The Kier molecular flexibility index (Phi) is 21.2. The zero-order valence-electron chi connectivity index (χ0n) is 18.0. The fourth-order valence-corrected chi connectivity index (χ4v) is 2.26. The molecule has 0 rings (SSSR count). The summed E-state index contributed by atoms with van der Waals surface area (Å²) in [6.45, 7) is 4.12. The third-order valence-electron chi connectivity index (χ3n) is 3.32. The molecule has 0 aromatic heterocycles. The Morgan fingerprint density at radius 3 is 1.63 bits per heavy atom. The van der Waals surface area contributed by atoms with Crippen molar-refractivity contribution in [2.45, 2.75) is 0 Å². The van der Waals surface area contributed by atoms with Crippen LogP contribution in [0.2, 0.25) is 0 Å². The molecule has 0 aromatic carbocycles. The molecule has 0 heterocycles. The number of carbonyl (C=O) groups is 3. The zero-order chi connectivity index (χ0) is 22.3. The monoisotopic (exact) mass is 452 g/mol. The molecule has 0 atom stereocenters. The normalized spacial score (nSPS) is 10.6. The van der Waals surface area contributed by atoms with Gasteiger partial charge in [-0.05, 0) is 13.3 Å². The van der Waals surface area contributed by atoms with Crippen molar-refractivity contribution in [2.24, 2.45) is 0 Å². The predicted molar refractivity (Wildman–Crippen MR) is 115 cm³/mol. The van der Waals surface area contributed by atoms with Crippen molar-refractivity contribution in [3.05, 3.63) is 0 Å². The van der Waals surface area contributed by atoms with Crippen LogP contribution in [0.4, 0.5) is 0 Å². The first-order valence-electron chi connectivity index (χ1n) is 9.84. The molecule has 4 N–H and O–H groups in total. The standard InChI is InChI=1S/C18H36N4O7S/c1-19-5-7-26-9-11-29-14-17(24)22-6-8-27-10-12-28-13-16(23)20-3-4-21-18(25)15-30-2/h19H,3-15H2,1-2H3,(H,20,23)(H,21,25)(H,22,24). The highest BCUT2D eigenvalue weighted by Crippen LogP contribution is 1.88. The van der Waals surface area contributed by atoms with E-state index in [-0.39, 0.29) is 37.5 Å². The SMILES string of the molecule is CNCCOCCOCC(=O)NCCOCCOCC(=O)NCCNC(=O)CSC. The molecular formula is C18H36N4O7S. The number of carbonyl (C=O) groups excluding carboxylic acids is 3. The molecule has 0 aliphatic rings. The maximum absolute atomic E-state index is 11.5. The van der Waals surface area contributed by atoms with E-state index in [2.05, 4.69) is 21.3 Å². The summed E-state index contributed by atoms with van der Waals surface area (Å²) in [6, 6.07) is 0. The zero-order valence-corrected chi connectivity index (χ0v) is 18.8. The summed E-state index contributed by atoms with van der Waals surface area (Å²) in [7, 11) is 1.85. The van der Waals surface area contributed by atoms with E-state index in [0.717, 1.165) is 6.54 Å².